The van der Waals surface area contributed by atoms with E-state index in [0.29, 0.717) is 11.9 Å². The van der Waals surface area contributed by atoms with Crippen LogP contribution in [0, 0.1) is 13.8 Å². The molecule has 0 saturated carbocycles. The standard InChI is InChI=1S/C11H10N4OS2/c1-6-4-17-10-9(6)11(16)15(5-12-10)3-8-14-13-7(2)18-8/h4-5H,3H2,1-2H3. The first-order valence-corrected chi connectivity index (χ1v) is 7.07. The molecule has 3 aromatic rings. The number of hydrogen-bond donors (Lipinski definition) is 0. The highest BCUT2D eigenvalue weighted by atomic mass is 32.1. The highest BCUT2D eigenvalue weighted by Crippen LogP contribution is 2.19. The molecule has 0 radical (unpaired) electrons. The monoisotopic (exact) mass is 278 g/mol. The molecule has 92 valence electrons. The van der Waals surface area contributed by atoms with Crippen molar-refractivity contribution in [1.29, 1.82) is 0 Å². The lowest BCUT2D eigenvalue weighted by atomic mass is 10.3. The predicted octanol–water partition coefficient (Wildman–Crippen LogP) is 1.97. The van der Waals surface area contributed by atoms with Crippen molar-refractivity contribution in [2.75, 3.05) is 0 Å². The van der Waals surface area contributed by atoms with E-state index >= 15 is 0 Å². The van der Waals surface area contributed by atoms with Crippen molar-refractivity contribution in [3.63, 3.8) is 0 Å². The van der Waals surface area contributed by atoms with E-state index in [2.05, 4.69) is 15.2 Å². The van der Waals surface area contributed by atoms with Crippen LogP contribution in [0.25, 0.3) is 10.2 Å². The van der Waals surface area contributed by atoms with Crippen molar-refractivity contribution in [1.82, 2.24) is 19.7 Å². The molecule has 0 atom stereocenters. The normalized spacial score (nSPS) is 11.2. The van der Waals surface area contributed by atoms with E-state index in [4.69, 9.17) is 0 Å². The number of thiophene rings is 1. The summed E-state index contributed by atoms with van der Waals surface area (Å²) >= 11 is 2.99. The van der Waals surface area contributed by atoms with E-state index in [1.807, 2.05) is 19.2 Å². The third-order valence-electron chi connectivity index (χ3n) is 2.62. The average Bonchev–Trinajstić information content (AvgIpc) is 2.90. The maximum atomic E-state index is 12.3. The van der Waals surface area contributed by atoms with Crippen LogP contribution in [0.15, 0.2) is 16.5 Å². The van der Waals surface area contributed by atoms with Crippen LogP contribution in [0.5, 0.6) is 0 Å². The smallest absolute Gasteiger partial charge is 0.262 e. The third-order valence-corrected chi connectivity index (χ3v) is 4.45. The summed E-state index contributed by atoms with van der Waals surface area (Å²) in [5, 5.41) is 12.4. The Morgan fingerprint density at radius 3 is 2.89 bits per heavy atom. The topological polar surface area (TPSA) is 60.7 Å². The van der Waals surface area contributed by atoms with Gasteiger partial charge in [-0.05, 0) is 24.8 Å². The Morgan fingerprint density at radius 2 is 2.17 bits per heavy atom. The molecule has 0 fully saturated rings. The van der Waals surface area contributed by atoms with Gasteiger partial charge >= 0.3 is 0 Å². The Kier molecular flexibility index (Phi) is 2.71. The molecule has 3 aromatic heterocycles. The van der Waals surface area contributed by atoms with Crippen LogP contribution in [0.4, 0.5) is 0 Å². The fourth-order valence-corrected chi connectivity index (χ4v) is 3.35. The van der Waals surface area contributed by atoms with Crippen LogP contribution in [-0.4, -0.2) is 19.7 Å². The molecule has 5 nitrogen and oxygen atoms in total. The molecule has 0 spiro atoms. The first kappa shape index (κ1) is 11.5. The maximum absolute atomic E-state index is 12.3. The summed E-state index contributed by atoms with van der Waals surface area (Å²) in [4.78, 5) is 17.4. The van der Waals surface area contributed by atoms with Gasteiger partial charge in [0.15, 0.2) is 0 Å². The van der Waals surface area contributed by atoms with Gasteiger partial charge in [-0.1, -0.05) is 11.3 Å². The Balaban J connectivity index is 2.10. The van der Waals surface area contributed by atoms with Gasteiger partial charge in [0.1, 0.15) is 14.8 Å². The van der Waals surface area contributed by atoms with E-state index < -0.39 is 0 Å². The van der Waals surface area contributed by atoms with Crippen molar-refractivity contribution in [2.24, 2.45) is 0 Å². The molecule has 0 aliphatic carbocycles. The van der Waals surface area contributed by atoms with Gasteiger partial charge < -0.3 is 0 Å². The van der Waals surface area contributed by atoms with Gasteiger partial charge in [0, 0.05) is 0 Å². The molecule has 0 saturated heterocycles. The van der Waals surface area contributed by atoms with Gasteiger partial charge in [-0.2, -0.15) is 0 Å². The van der Waals surface area contributed by atoms with Gasteiger partial charge in [0.25, 0.3) is 5.56 Å². The predicted molar refractivity (Wildman–Crippen MR) is 72.4 cm³/mol. The van der Waals surface area contributed by atoms with Gasteiger partial charge in [-0.25, -0.2) is 4.98 Å². The molecule has 0 amide bonds. The van der Waals surface area contributed by atoms with Crippen LogP contribution in [0.1, 0.15) is 15.6 Å². The van der Waals surface area contributed by atoms with Gasteiger partial charge in [0.05, 0.1) is 18.3 Å². The molecule has 0 aliphatic heterocycles. The van der Waals surface area contributed by atoms with Crippen LogP contribution in [0.2, 0.25) is 0 Å². The number of aromatic nitrogens is 4. The first-order valence-electron chi connectivity index (χ1n) is 5.37. The molecule has 0 aliphatic rings. The summed E-state index contributed by atoms with van der Waals surface area (Å²) in [6, 6.07) is 0. The van der Waals surface area contributed by atoms with Crippen LogP contribution in [-0.2, 0) is 6.54 Å². The zero-order valence-corrected chi connectivity index (χ0v) is 11.5. The van der Waals surface area contributed by atoms with Crippen molar-refractivity contribution in [3.05, 3.63) is 37.6 Å². The molecule has 3 heterocycles. The average molecular weight is 278 g/mol. The van der Waals surface area contributed by atoms with Crippen LogP contribution in [0.3, 0.4) is 0 Å². The van der Waals surface area contributed by atoms with Crippen molar-refractivity contribution < 1.29 is 0 Å². The molecule has 0 bridgehead atoms. The quantitative estimate of drug-likeness (QED) is 0.719. The second kappa shape index (κ2) is 4.25. The first-order chi connectivity index (χ1) is 8.65. The zero-order valence-electron chi connectivity index (χ0n) is 9.88. The van der Waals surface area contributed by atoms with E-state index in [-0.39, 0.29) is 5.56 Å². The van der Waals surface area contributed by atoms with Gasteiger partial charge in [-0.3, -0.25) is 9.36 Å². The minimum absolute atomic E-state index is 0.00777. The number of aryl methyl sites for hydroxylation is 2. The summed E-state index contributed by atoms with van der Waals surface area (Å²) in [6.45, 7) is 4.26. The second-order valence-corrected chi connectivity index (χ2v) is 6.12. The number of nitrogens with zero attached hydrogens (tertiary/aromatic N) is 4. The Morgan fingerprint density at radius 1 is 1.33 bits per heavy atom. The van der Waals surface area contributed by atoms with E-state index in [0.717, 1.165) is 20.4 Å². The van der Waals surface area contributed by atoms with Crippen molar-refractivity contribution in [3.8, 4) is 0 Å². The highest BCUT2D eigenvalue weighted by molar-refractivity contribution is 7.16. The van der Waals surface area contributed by atoms with Gasteiger partial charge in [0.2, 0.25) is 0 Å². The lowest BCUT2D eigenvalue weighted by Crippen LogP contribution is -2.20. The van der Waals surface area contributed by atoms with E-state index in [1.165, 1.54) is 22.7 Å². The highest BCUT2D eigenvalue weighted by Gasteiger charge is 2.10. The zero-order chi connectivity index (χ0) is 12.7. The summed E-state index contributed by atoms with van der Waals surface area (Å²) in [5.74, 6) is 0. The lowest BCUT2D eigenvalue weighted by molar-refractivity contribution is 0.734. The summed E-state index contributed by atoms with van der Waals surface area (Å²) in [5.41, 5.74) is 0.974. The van der Waals surface area contributed by atoms with E-state index in [1.54, 1.807) is 10.9 Å². The largest absolute Gasteiger partial charge is 0.292 e. The minimum atomic E-state index is -0.00777. The lowest BCUT2D eigenvalue weighted by Gasteiger charge is -2.02. The molecule has 3 rings (SSSR count). The fraction of sp³-hybridized carbons (Fsp3) is 0.273. The molecule has 7 heteroatoms. The molecule has 0 unspecified atom stereocenters. The maximum Gasteiger partial charge on any atom is 0.262 e. The fourth-order valence-electron chi connectivity index (χ4n) is 1.76. The molecule has 0 aromatic carbocycles. The Labute approximate surface area is 111 Å². The molecular formula is C11H10N4OS2. The number of rotatable bonds is 2. The second-order valence-electron chi connectivity index (χ2n) is 3.99. The Bertz CT molecular complexity index is 771. The van der Waals surface area contributed by atoms with Crippen molar-refractivity contribution >= 4 is 32.9 Å². The molecular weight excluding hydrogens is 268 g/mol. The molecule has 0 N–H and O–H groups in total. The van der Waals surface area contributed by atoms with Crippen molar-refractivity contribution in [2.45, 2.75) is 20.4 Å². The van der Waals surface area contributed by atoms with E-state index in [9.17, 15) is 4.79 Å². The number of fused-ring (bicyclic) bond motifs is 1. The molecule has 18 heavy (non-hydrogen) atoms. The van der Waals surface area contributed by atoms with Crippen LogP contribution < -0.4 is 5.56 Å². The van der Waals surface area contributed by atoms with Crippen LogP contribution >= 0.6 is 22.7 Å². The SMILES string of the molecule is Cc1nnc(Cn2cnc3scc(C)c3c2=O)s1. The third kappa shape index (κ3) is 1.85. The summed E-state index contributed by atoms with van der Waals surface area (Å²) in [7, 11) is 0. The summed E-state index contributed by atoms with van der Waals surface area (Å²) < 4.78 is 1.59. The number of hydrogen-bond acceptors (Lipinski definition) is 6. The Hall–Kier alpha value is -1.60. The van der Waals surface area contributed by atoms with Gasteiger partial charge in [-0.15, -0.1) is 21.5 Å². The minimum Gasteiger partial charge on any atom is -0.292 e. The summed E-state index contributed by atoms with van der Waals surface area (Å²) in [6.07, 6.45) is 1.58.